The Balaban J connectivity index is 1.90. The Morgan fingerprint density at radius 3 is 2.24 bits per heavy atom. The molecular formula is C19H25N3O2S. The molecule has 0 spiro atoms. The zero-order chi connectivity index (χ0) is 18.4. The molecule has 2 rings (SSSR count). The molecular weight excluding hydrogens is 334 g/mol. The predicted octanol–water partition coefficient (Wildman–Crippen LogP) is 3.23. The molecule has 0 radical (unpaired) electrons. The van der Waals surface area contributed by atoms with E-state index in [0.29, 0.717) is 18.2 Å². The summed E-state index contributed by atoms with van der Waals surface area (Å²) in [5.74, 6) is -0.858. The number of hydrogen-bond acceptors (Lipinski definition) is 4. The van der Waals surface area contributed by atoms with Crippen LogP contribution in [0.15, 0.2) is 41.1 Å². The first-order valence-electron chi connectivity index (χ1n) is 8.26. The molecule has 0 saturated carbocycles. The zero-order valence-electron chi connectivity index (χ0n) is 15.1. The van der Waals surface area contributed by atoms with Gasteiger partial charge in [0.2, 0.25) is 0 Å². The highest BCUT2D eigenvalue weighted by Gasteiger charge is 2.19. The summed E-state index contributed by atoms with van der Waals surface area (Å²) in [6.07, 6.45) is 0. The first-order chi connectivity index (χ1) is 11.9. The van der Waals surface area contributed by atoms with Gasteiger partial charge in [-0.25, -0.2) is 0 Å². The third kappa shape index (κ3) is 5.41. The number of nitrogens with zero attached hydrogens (tertiary/aromatic N) is 1. The molecule has 2 amide bonds. The number of nitrogens with one attached hydrogen (secondary N) is 2. The second-order valence-corrected chi connectivity index (χ2v) is 7.26. The molecule has 6 heteroatoms. The molecule has 1 aromatic carbocycles. The second kappa shape index (κ2) is 8.78. The van der Waals surface area contributed by atoms with E-state index >= 15 is 0 Å². The molecule has 134 valence electrons. The van der Waals surface area contributed by atoms with Crippen LogP contribution in [0.5, 0.6) is 0 Å². The monoisotopic (exact) mass is 359 g/mol. The molecule has 0 bridgehead atoms. The smallest absolute Gasteiger partial charge is 0.313 e. The van der Waals surface area contributed by atoms with Gasteiger partial charge in [-0.1, -0.05) is 26.0 Å². The molecule has 0 aliphatic heterocycles. The maximum atomic E-state index is 12.1. The molecule has 2 aromatic rings. The Labute approximate surface area is 153 Å². The fourth-order valence-electron chi connectivity index (χ4n) is 2.47. The number of thiophene rings is 1. The lowest BCUT2D eigenvalue weighted by atomic mass is 10.0. The van der Waals surface area contributed by atoms with Crippen LogP contribution >= 0.6 is 11.3 Å². The van der Waals surface area contributed by atoms with Crippen LogP contribution in [0.1, 0.15) is 36.9 Å². The third-order valence-electron chi connectivity index (χ3n) is 4.05. The highest BCUT2D eigenvalue weighted by Crippen LogP contribution is 2.20. The summed E-state index contributed by atoms with van der Waals surface area (Å²) >= 11 is 1.61. The second-order valence-electron chi connectivity index (χ2n) is 6.48. The average Bonchev–Trinajstić information content (AvgIpc) is 3.09. The van der Waals surface area contributed by atoms with Gasteiger partial charge in [0, 0.05) is 12.2 Å². The van der Waals surface area contributed by atoms with Crippen molar-refractivity contribution in [1.29, 1.82) is 0 Å². The van der Waals surface area contributed by atoms with Crippen molar-refractivity contribution >= 4 is 28.8 Å². The summed E-state index contributed by atoms with van der Waals surface area (Å²) in [6, 6.07) is 9.60. The van der Waals surface area contributed by atoms with Gasteiger partial charge in [-0.15, -0.1) is 0 Å². The van der Waals surface area contributed by atoms with Gasteiger partial charge in [-0.05, 0) is 60.1 Å². The lowest BCUT2D eigenvalue weighted by Gasteiger charge is -2.23. The third-order valence-corrected chi connectivity index (χ3v) is 4.75. The van der Waals surface area contributed by atoms with Crippen molar-refractivity contribution in [3.8, 4) is 0 Å². The van der Waals surface area contributed by atoms with Gasteiger partial charge in [-0.3, -0.25) is 9.59 Å². The molecule has 0 aliphatic rings. The van der Waals surface area contributed by atoms with Gasteiger partial charge in [-0.2, -0.15) is 11.3 Å². The summed E-state index contributed by atoms with van der Waals surface area (Å²) in [4.78, 5) is 26.2. The van der Waals surface area contributed by atoms with E-state index in [9.17, 15) is 9.59 Å². The topological polar surface area (TPSA) is 61.4 Å². The molecule has 1 heterocycles. The molecule has 0 fully saturated rings. The van der Waals surface area contributed by atoms with E-state index in [2.05, 4.69) is 24.5 Å². The maximum Gasteiger partial charge on any atom is 0.313 e. The van der Waals surface area contributed by atoms with Gasteiger partial charge < -0.3 is 15.5 Å². The van der Waals surface area contributed by atoms with Crippen molar-refractivity contribution in [3.05, 3.63) is 52.2 Å². The van der Waals surface area contributed by atoms with Crippen LogP contribution in [0.25, 0.3) is 0 Å². The van der Waals surface area contributed by atoms with Crippen LogP contribution < -0.4 is 10.6 Å². The first-order valence-corrected chi connectivity index (χ1v) is 9.20. The predicted molar refractivity (Wildman–Crippen MR) is 103 cm³/mol. The summed E-state index contributed by atoms with van der Waals surface area (Å²) < 4.78 is 0. The molecule has 25 heavy (non-hydrogen) atoms. The van der Waals surface area contributed by atoms with E-state index in [1.165, 1.54) is 5.56 Å². The molecule has 0 aliphatic carbocycles. The van der Waals surface area contributed by atoms with Crippen molar-refractivity contribution in [2.24, 2.45) is 0 Å². The van der Waals surface area contributed by atoms with Crippen molar-refractivity contribution in [3.63, 3.8) is 0 Å². The molecule has 5 nitrogen and oxygen atoms in total. The summed E-state index contributed by atoms with van der Waals surface area (Å²) in [7, 11) is 3.90. The fourth-order valence-corrected chi connectivity index (χ4v) is 3.18. The number of likely N-dealkylation sites (N-methyl/N-ethyl adjacent to an activating group) is 1. The lowest BCUT2D eigenvalue weighted by Crippen LogP contribution is -2.40. The van der Waals surface area contributed by atoms with Crippen molar-refractivity contribution in [1.82, 2.24) is 10.2 Å². The quantitative estimate of drug-likeness (QED) is 0.779. The van der Waals surface area contributed by atoms with E-state index < -0.39 is 11.8 Å². The Kier molecular flexibility index (Phi) is 6.73. The van der Waals surface area contributed by atoms with Gasteiger partial charge in [0.15, 0.2) is 0 Å². The van der Waals surface area contributed by atoms with E-state index in [4.69, 9.17) is 0 Å². The normalized spacial score (nSPS) is 12.2. The van der Waals surface area contributed by atoms with Crippen LogP contribution in [0.3, 0.4) is 0 Å². The van der Waals surface area contributed by atoms with Crippen molar-refractivity contribution < 1.29 is 9.59 Å². The van der Waals surface area contributed by atoms with E-state index in [1.807, 2.05) is 60.1 Å². The van der Waals surface area contributed by atoms with E-state index in [1.54, 1.807) is 11.3 Å². The van der Waals surface area contributed by atoms with Gasteiger partial charge in [0.25, 0.3) is 0 Å². The Morgan fingerprint density at radius 2 is 1.72 bits per heavy atom. The Bertz CT molecular complexity index is 694. The molecule has 1 atom stereocenters. The van der Waals surface area contributed by atoms with Crippen molar-refractivity contribution in [2.75, 3.05) is 26.0 Å². The standard InChI is InChI=1S/C19H25N3O2S/c1-13(2)14-5-7-16(8-6-14)21-19(24)18(23)20-11-17(22(3)4)15-9-10-25-12-15/h5-10,12-13,17H,11H2,1-4H3,(H,20,23)(H,21,24)/t17-/m0/s1. The van der Waals surface area contributed by atoms with Gasteiger partial charge >= 0.3 is 11.8 Å². The number of carbonyl (C=O) groups excluding carboxylic acids is 2. The number of carbonyl (C=O) groups is 2. The van der Waals surface area contributed by atoms with E-state index in [0.717, 1.165) is 5.56 Å². The van der Waals surface area contributed by atoms with Gasteiger partial charge in [0.1, 0.15) is 0 Å². The SMILES string of the molecule is CC(C)c1ccc(NC(=O)C(=O)NC[C@@H](c2ccsc2)N(C)C)cc1. The van der Waals surface area contributed by atoms with Crippen LogP contribution in [-0.2, 0) is 9.59 Å². The number of amides is 2. The Hall–Kier alpha value is -2.18. The first kappa shape index (κ1) is 19.1. The molecule has 1 aromatic heterocycles. The minimum Gasteiger partial charge on any atom is -0.346 e. The maximum absolute atomic E-state index is 12.1. The average molecular weight is 359 g/mol. The fraction of sp³-hybridized carbons (Fsp3) is 0.368. The highest BCUT2D eigenvalue weighted by molar-refractivity contribution is 7.07. The molecule has 2 N–H and O–H groups in total. The molecule has 0 saturated heterocycles. The lowest BCUT2D eigenvalue weighted by molar-refractivity contribution is -0.136. The summed E-state index contributed by atoms with van der Waals surface area (Å²) in [5.41, 5.74) is 2.93. The molecule has 0 unspecified atom stereocenters. The number of rotatable bonds is 6. The van der Waals surface area contributed by atoms with Crippen LogP contribution in [0, 0.1) is 0 Å². The van der Waals surface area contributed by atoms with Crippen LogP contribution in [-0.4, -0.2) is 37.4 Å². The van der Waals surface area contributed by atoms with Crippen LogP contribution in [0.4, 0.5) is 5.69 Å². The van der Waals surface area contributed by atoms with Crippen LogP contribution in [0.2, 0.25) is 0 Å². The number of benzene rings is 1. The van der Waals surface area contributed by atoms with Crippen molar-refractivity contribution in [2.45, 2.75) is 25.8 Å². The summed E-state index contributed by atoms with van der Waals surface area (Å²) in [5, 5.41) is 9.40. The minimum absolute atomic E-state index is 0.0355. The highest BCUT2D eigenvalue weighted by atomic mass is 32.1. The number of anilines is 1. The largest absolute Gasteiger partial charge is 0.346 e. The summed E-state index contributed by atoms with van der Waals surface area (Å²) in [6.45, 7) is 4.59. The minimum atomic E-state index is -0.653. The van der Waals surface area contributed by atoms with Gasteiger partial charge in [0.05, 0.1) is 6.04 Å². The Morgan fingerprint density at radius 1 is 1.04 bits per heavy atom. The number of hydrogen-bond donors (Lipinski definition) is 2. The van der Waals surface area contributed by atoms with E-state index in [-0.39, 0.29) is 6.04 Å². The zero-order valence-corrected chi connectivity index (χ0v) is 15.9.